The fraction of sp³-hybridized carbons (Fsp3) is 0.174. The fourth-order valence-corrected chi connectivity index (χ4v) is 3.39. The molecule has 7 heteroatoms. The molecule has 2 aromatic carbocycles. The van der Waals surface area contributed by atoms with Crippen LogP contribution >= 0.6 is 0 Å². The summed E-state index contributed by atoms with van der Waals surface area (Å²) < 4.78 is 17.6. The van der Waals surface area contributed by atoms with Crippen molar-refractivity contribution >= 4 is 11.7 Å². The highest BCUT2D eigenvalue weighted by molar-refractivity contribution is 6.00. The predicted molar refractivity (Wildman–Crippen MR) is 109 cm³/mol. The molecule has 1 atom stereocenters. The van der Waals surface area contributed by atoms with Gasteiger partial charge in [0, 0.05) is 24.4 Å². The van der Waals surface area contributed by atoms with E-state index in [2.05, 4.69) is 4.98 Å². The molecule has 0 radical (unpaired) electrons. The third-order valence-electron chi connectivity index (χ3n) is 4.91. The minimum atomic E-state index is -0.513. The van der Waals surface area contributed by atoms with Crippen LogP contribution in [0.25, 0.3) is 0 Å². The highest BCUT2D eigenvalue weighted by atomic mass is 16.5. The molecule has 2 heterocycles. The van der Waals surface area contributed by atoms with Gasteiger partial charge in [-0.25, -0.2) is 0 Å². The SMILES string of the molecule is COc1c(O[C@@H](c2ccncc2)c2ccc(C(N)=O)cc2)ccc2c1OCCC2=O. The molecule has 152 valence electrons. The van der Waals surface area contributed by atoms with Gasteiger partial charge in [0.15, 0.2) is 17.3 Å². The summed E-state index contributed by atoms with van der Waals surface area (Å²) in [5, 5.41) is 0. The van der Waals surface area contributed by atoms with E-state index in [1.165, 1.54) is 7.11 Å². The Labute approximate surface area is 173 Å². The normalized spacial score (nSPS) is 13.7. The van der Waals surface area contributed by atoms with Gasteiger partial charge in [0.05, 0.1) is 19.3 Å². The summed E-state index contributed by atoms with van der Waals surface area (Å²) in [5.41, 5.74) is 7.91. The number of hydrogen-bond acceptors (Lipinski definition) is 6. The van der Waals surface area contributed by atoms with Crippen molar-refractivity contribution in [1.29, 1.82) is 0 Å². The molecule has 30 heavy (non-hydrogen) atoms. The molecule has 1 amide bonds. The Balaban J connectivity index is 1.76. The Morgan fingerprint density at radius 1 is 1.07 bits per heavy atom. The predicted octanol–water partition coefficient (Wildman–Crippen LogP) is 3.32. The molecule has 1 aromatic heterocycles. The number of carbonyl (C=O) groups is 2. The average molecular weight is 404 g/mol. The molecule has 0 fully saturated rings. The smallest absolute Gasteiger partial charge is 0.248 e. The van der Waals surface area contributed by atoms with Crippen LogP contribution in [-0.4, -0.2) is 30.4 Å². The van der Waals surface area contributed by atoms with E-state index in [9.17, 15) is 9.59 Å². The number of ketones is 1. The van der Waals surface area contributed by atoms with Gasteiger partial charge < -0.3 is 19.9 Å². The number of Topliss-reactive ketones (excluding diaryl/α,β-unsaturated/α-hetero) is 1. The molecule has 0 aliphatic carbocycles. The lowest BCUT2D eigenvalue weighted by Gasteiger charge is -2.24. The molecule has 4 rings (SSSR count). The largest absolute Gasteiger partial charge is 0.490 e. The lowest BCUT2D eigenvalue weighted by molar-refractivity contribution is 0.0928. The summed E-state index contributed by atoms with van der Waals surface area (Å²) in [4.78, 5) is 27.7. The number of carbonyl (C=O) groups excluding carboxylic acids is 2. The molecule has 1 aliphatic rings. The molecule has 0 saturated carbocycles. The van der Waals surface area contributed by atoms with Crippen LogP contribution in [-0.2, 0) is 0 Å². The highest BCUT2D eigenvalue weighted by Gasteiger charge is 2.27. The lowest BCUT2D eigenvalue weighted by Crippen LogP contribution is -2.17. The number of primary amides is 1. The molecule has 0 bridgehead atoms. The fourth-order valence-electron chi connectivity index (χ4n) is 3.39. The van der Waals surface area contributed by atoms with E-state index in [0.29, 0.717) is 41.4 Å². The van der Waals surface area contributed by atoms with Gasteiger partial charge in [0.2, 0.25) is 11.7 Å². The van der Waals surface area contributed by atoms with E-state index < -0.39 is 12.0 Å². The minimum Gasteiger partial charge on any atom is -0.490 e. The maximum atomic E-state index is 12.2. The summed E-state index contributed by atoms with van der Waals surface area (Å²) in [6, 6.07) is 14.0. The van der Waals surface area contributed by atoms with Crippen molar-refractivity contribution in [3.8, 4) is 17.2 Å². The van der Waals surface area contributed by atoms with Gasteiger partial charge >= 0.3 is 0 Å². The van der Waals surface area contributed by atoms with E-state index in [4.69, 9.17) is 19.9 Å². The number of pyridine rings is 1. The Kier molecular flexibility index (Phi) is 5.34. The number of nitrogens with zero attached hydrogens (tertiary/aromatic N) is 1. The summed E-state index contributed by atoms with van der Waals surface area (Å²) in [6.07, 6.45) is 3.17. The minimum absolute atomic E-state index is 0.00817. The first-order valence-electron chi connectivity index (χ1n) is 9.42. The zero-order valence-corrected chi connectivity index (χ0v) is 16.3. The third-order valence-corrected chi connectivity index (χ3v) is 4.91. The van der Waals surface area contributed by atoms with Gasteiger partial charge in [0.25, 0.3) is 0 Å². The second-order valence-electron chi connectivity index (χ2n) is 6.76. The number of nitrogens with two attached hydrogens (primary N) is 1. The molecular formula is C23H20N2O5. The molecular weight excluding hydrogens is 384 g/mol. The van der Waals surface area contributed by atoms with E-state index in [-0.39, 0.29) is 5.78 Å². The summed E-state index contributed by atoms with van der Waals surface area (Å²) in [5.74, 6) is 0.707. The number of fused-ring (bicyclic) bond motifs is 1. The van der Waals surface area contributed by atoms with Crippen LogP contribution in [0, 0.1) is 0 Å². The number of benzene rings is 2. The number of rotatable bonds is 6. The van der Waals surface area contributed by atoms with Gasteiger partial charge in [0.1, 0.15) is 6.10 Å². The topological polar surface area (TPSA) is 101 Å². The second kappa shape index (κ2) is 8.24. The van der Waals surface area contributed by atoms with Gasteiger partial charge in [-0.1, -0.05) is 12.1 Å². The Bertz CT molecular complexity index is 1080. The summed E-state index contributed by atoms with van der Waals surface area (Å²) >= 11 is 0. The van der Waals surface area contributed by atoms with E-state index >= 15 is 0 Å². The van der Waals surface area contributed by atoms with Crippen molar-refractivity contribution in [1.82, 2.24) is 4.98 Å². The summed E-state index contributed by atoms with van der Waals surface area (Å²) in [6.45, 7) is 0.300. The Hall–Kier alpha value is -3.87. The van der Waals surface area contributed by atoms with E-state index in [1.807, 2.05) is 12.1 Å². The van der Waals surface area contributed by atoms with Crippen LogP contribution in [0.2, 0.25) is 0 Å². The third kappa shape index (κ3) is 3.69. The van der Waals surface area contributed by atoms with Crippen molar-refractivity contribution in [3.05, 3.63) is 83.2 Å². The van der Waals surface area contributed by atoms with Crippen LogP contribution < -0.4 is 19.9 Å². The zero-order valence-electron chi connectivity index (χ0n) is 16.3. The molecule has 2 N–H and O–H groups in total. The van der Waals surface area contributed by atoms with Crippen LogP contribution in [0.5, 0.6) is 17.2 Å². The van der Waals surface area contributed by atoms with Gasteiger partial charge in [-0.2, -0.15) is 0 Å². The van der Waals surface area contributed by atoms with E-state index in [0.717, 1.165) is 11.1 Å². The standard InChI is InChI=1S/C23H20N2O5/c1-28-22-19(7-6-17-18(26)10-13-29-21(17)22)30-20(15-8-11-25-12-9-15)14-2-4-16(5-3-14)23(24)27/h2-9,11-12,20H,10,13H2,1H3,(H2,24,27)/t20-/m1/s1. The second-order valence-corrected chi connectivity index (χ2v) is 6.76. The number of aromatic nitrogens is 1. The van der Waals surface area contributed by atoms with Gasteiger partial charge in [-0.3, -0.25) is 14.6 Å². The lowest BCUT2D eigenvalue weighted by atomic mass is 10.0. The number of ether oxygens (including phenoxy) is 3. The van der Waals surface area contributed by atoms with Crippen LogP contribution in [0.1, 0.15) is 44.4 Å². The zero-order chi connectivity index (χ0) is 21.1. The van der Waals surface area contributed by atoms with Crippen molar-refractivity contribution in [2.24, 2.45) is 5.73 Å². The molecule has 3 aromatic rings. The van der Waals surface area contributed by atoms with Crippen LogP contribution in [0.15, 0.2) is 60.9 Å². The monoisotopic (exact) mass is 404 g/mol. The van der Waals surface area contributed by atoms with E-state index in [1.54, 1.807) is 48.8 Å². The Morgan fingerprint density at radius 2 is 1.77 bits per heavy atom. The van der Waals surface area contributed by atoms with Crippen molar-refractivity contribution in [2.75, 3.05) is 13.7 Å². The first-order valence-corrected chi connectivity index (χ1v) is 9.42. The number of amides is 1. The number of hydrogen-bond donors (Lipinski definition) is 1. The average Bonchev–Trinajstić information content (AvgIpc) is 2.78. The molecule has 0 saturated heterocycles. The molecule has 1 aliphatic heterocycles. The quantitative estimate of drug-likeness (QED) is 0.676. The maximum Gasteiger partial charge on any atom is 0.248 e. The first-order chi connectivity index (χ1) is 14.6. The maximum absolute atomic E-state index is 12.2. The van der Waals surface area contributed by atoms with Crippen molar-refractivity contribution in [3.63, 3.8) is 0 Å². The van der Waals surface area contributed by atoms with Crippen molar-refractivity contribution in [2.45, 2.75) is 12.5 Å². The van der Waals surface area contributed by atoms with Crippen LogP contribution in [0.4, 0.5) is 0 Å². The first kappa shape index (κ1) is 19.4. The molecule has 0 unspecified atom stereocenters. The molecule has 0 spiro atoms. The van der Waals surface area contributed by atoms with Gasteiger partial charge in [-0.05, 0) is 47.5 Å². The Morgan fingerprint density at radius 3 is 2.43 bits per heavy atom. The van der Waals surface area contributed by atoms with Crippen LogP contribution in [0.3, 0.4) is 0 Å². The summed E-state index contributed by atoms with van der Waals surface area (Å²) in [7, 11) is 1.51. The molecule has 7 nitrogen and oxygen atoms in total. The van der Waals surface area contributed by atoms with Gasteiger partial charge in [-0.15, -0.1) is 0 Å². The van der Waals surface area contributed by atoms with Crippen molar-refractivity contribution < 1.29 is 23.8 Å². The highest BCUT2D eigenvalue weighted by Crippen LogP contribution is 2.44. The number of methoxy groups -OCH3 is 1.